The molecule has 1 aliphatic heterocycles. The third kappa shape index (κ3) is 4.54. The number of piperazine rings is 1. The van der Waals surface area contributed by atoms with Crippen molar-refractivity contribution in [3.05, 3.63) is 40.0 Å². The number of hydrogen-bond acceptors (Lipinski definition) is 5. The number of rotatable bonds is 5. The minimum atomic E-state index is 0. The molecule has 0 bridgehead atoms. The van der Waals surface area contributed by atoms with E-state index in [4.69, 9.17) is 16.3 Å². The first-order chi connectivity index (χ1) is 11.1. The second-order valence-corrected chi connectivity index (χ2v) is 7.03. The van der Waals surface area contributed by atoms with Crippen LogP contribution in [0.4, 0.5) is 5.69 Å². The molecule has 1 saturated heterocycles. The lowest BCUT2D eigenvalue weighted by atomic mass is 10.1. The molecule has 3 rings (SSSR count). The first-order valence-corrected chi connectivity index (χ1v) is 9.16. The Morgan fingerprint density at radius 3 is 2.58 bits per heavy atom. The Morgan fingerprint density at radius 2 is 1.96 bits per heavy atom. The van der Waals surface area contributed by atoms with Crippen molar-refractivity contribution < 1.29 is 4.74 Å². The van der Waals surface area contributed by atoms with Crippen LogP contribution in [0.25, 0.3) is 0 Å². The van der Waals surface area contributed by atoms with Crippen molar-refractivity contribution in [3.8, 4) is 5.06 Å². The molecule has 0 spiro atoms. The molecular formula is C17H23Cl2N3OS. The maximum atomic E-state index is 6.37. The summed E-state index contributed by atoms with van der Waals surface area (Å²) in [4.78, 5) is 9.04. The van der Waals surface area contributed by atoms with E-state index in [1.165, 1.54) is 11.3 Å². The van der Waals surface area contributed by atoms with Crippen LogP contribution < -0.4 is 9.64 Å². The lowest BCUT2D eigenvalue weighted by Gasteiger charge is -2.37. The van der Waals surface area contributed by atoms with Gasteiger partial charge in [-0.2, -0.15) is 0 Å². The maximum absolute atomic E-state index is 6.37. The number of hydrogen-bond donors (Lipinski definition) is 0. The fourth-order valence-corrected chi connectivity index (χ4v) is 3.94. The second-order valence-electron chi connectivity index (χ2n) is 5.81. The average molecular weight is 388 g/mol. The molecule has 1 fully saturated rings. The van der Waals surface area contributed by atoms with Crippen LogP contribution >= 0.6 is 35.3 Å². The first-order valence-electron chi connectivity index (χ1n) is 7.90. The highest BCUT2D eigenvalue weighted by Crippen LogP contribution is 2.30. The molecule has 0 N–H and O–H groups in total. The van der Waals surface area contributed by atoms with E-state index in [-0.39, 0.29) is 12.4 Å². The highest BCUT2D eigenvalue weighted by molar-refractivity contribution is 7.11. The number of aromatic nitrogens is 1. The van der Waals surface area contributed by atoms with Gasteiger partial charge in [-0.1, -0.05) is 35.1 Å². The van der Waals surface area contributed by atoms with E-state index >= 15 is 0 Å². The number of halogens is 2. The molecule has 2 aromatic rings. The van der Waals surface area contributed by atoms with Crippen molar-refractivity contribution in [3.63, 3.8) is 0 Å². The minimum absolute atomic E-state index is 0. The van der Waals surface area contributed by atoms with E-state index in [1.54, 1.807) is 11.3 Å². The predicted octanol–water partition coefficient (Wildman–Crippen LogP) is 4.04. The number of aryl methyl sites for hydroxylation is 2. The zero-order chi connectivity index (χ0) is 16.2. The summed E-state index contributed by atoms with van der Waals surface area (Å²) in [5.41, 5.74) is 5.24. The van der Waals surface area contributed by atoms with Crippen molar-refractivity contribution in [2.24, 2.45) is 0 Å². The molecule has 0 amide bonds. The van der Waals surface area contributed by atoms with Gasteiger partial charge in [0, 0.05) is 32.7 Å². The fraction of sp³-hybridized carbons (Fsp3) is 0.471. The monoisotopic (exact) mass is 387 g/mol. The maximum Gasteiger partial charge on any atom is 0.196 e. The zero-order valence-corrected chi connectivity index (χ0v) is 16.4. The SMILES string of the molecule is Cc1cccc(Cl)c1N1CCN(CCOc2scnc2C)CC1.Cl. The smallest absolute Gasteiger partial charge is 0.196 e. The third-order valence-corrected chi connectivity index (χ3v) is 5.36. The average Bonchev–Trinajstić information content (AvgIpc) is 2.94. The lowest BCUT2D eigenvalue weighted by Crippen LogP contribution is -2.47. The van der Waals surface area contributed by atoms with Gasteiger partial charge < -0.3 is 9.64 Å². The molecule has 0 saturated carbocycles. The van der Waals surface area contributed by atoms with Gasteiger partial charge in [0.2, 0.25) is 0 Å². The number of nitrogens with zero attached hydrogens (tertiary/aromatic N) is 3. The summed E-state index contributed by atoms with van der Waals surface area (Å²) in [7, 11) is 0. The largest absolute Gasteiger partial charge is 0.481 e. The van der Waals surface area contributed by atoms with Crippen molar-refractivity contribution in [2.75, 3.05) is 44.2 Å². The number of benzene rings is 1. The van der Waals surface area contributed by atoms with E-state index in [0.717, 1.165) is 48.5 Å². The molecule has 4 nitrogen and oxygen atoms in total. The Morgan fingerprint density at radius 1 is 1.21 bits per heavy atom. The quantitative estimate of drug-likeness (QED) is 0.773. The summed E-state index contributed by atoms with van der Waals surface area (Å²) in [5, 5.41) is 1.79. The van der Waals surface area contributed by atoms with Gasteiger partial charge in [0.25, 0.3) is 0 Å². The number of para-hydroxylation sites is 1. The van der Waals surface area contributed by atoms with Gasteiger partial charge >= 0.3 is 0 Å². The lowest BCUT2D eigenvalue weighted by molar-refractivity contribution is 0.202. The molecule has 0 aliphatic carbocycles. The molecule has 2 heterocycles. The molecule has 132 valence electrons. The van der Waals surface area contributed by atoms with Crippen LogP contribution in [0, 0.1) is 13.8 Å². The second kappa shape index (κ2) is 8.90. The van der Waals surface area contributed by atoms with Crippen LogP contribution in [0.15, 0.2) is 23.7 Å². The number of anilines is 1. The molecule has 24 heavy (non-hydrogen) atoms. The van der Waals surface area contributed by atoms with Gasteiger partial charge in [0.05, 0.1) is 21.9 Å². The van der Waals surface area contributed by atoms with Gasteiger partial charge in [-0.05, 0) is 25.5 Å². The molecule has 7 heteroatoms. The number of ether oxygens (including phenoxy) is 1. The summed E-state index contributed by atoms with van der Waals surface area (Å²) in [6.07, 6.45) is 0. The first kappa shape index (κ1) is 19.3. The van der Waals surface area contributed by atoms with E-state index in [9.17, 15) is 0 Å². The van der Waals surface area contributed by atoms with E-state index in [0.29, 0.717) is 6.61 Å². The topological polar surface area (TPSA) is 28.6 Å². The molecule has 0 radical (unpaired) electrons. The molecule has 0 unspecified atom stereocenters. The van der Waals surface area contributed by atoms with Crippen molar-refractivity contribution in [1.29, 1.82) is 0 Å². The van der Waals surface area contributed by atoms with Crippen LogP contribution in [0.1, 0.15) is 11.3 Å². The Labute approximate surface area is 158 Å². The van der Waals surface area contributed by atoms with Crippen LogP contribution in [0.3, 0.4) is 0 Å². The molecule has 1 aliphatic rings. The van der Waals surface area contributed by atoms with Crippen LogP contribution in [-0.2, 0) is 0 Å². The number of thiazole rings is 1. The Balaban J connectivity index is 0.00000208. The van der Waals surface area contributed by atoms with Crippen molar-refractivity contribution >= 4 is 41.0 Å². The van der Waals surface area contributed by atoms with E-state index in [1.807, 2.05) is 24.6 Å². The Bertz CT molecular complexity index is 637. The zero-order valence-electron chi connectivity index (χ0n) is 14.0. The van der Waals surface area contributed by atoms with Crippen LogP contribution in [0.5, 0.6) is 5.06 Å². The summed E-state index contributed by atoms with van der Waals surface area (Å²) in [6.45, 7) is 9.86. The van der Waals surface area contributed by atoms with Gasteiger partial charge in [-0.15, -0.1) is 12.4 Å². The van der Waals surface area contributed by atoms with E-state index < -0.39 is 0 Å². The fourth-order valence-electron chi connectivity index (χ4n) is 2.92. The van der Waals surface area contributed by atoms with Crippen molar-refractivity contribution in [1.82, 2.24) is 9.88 Å². The van der Waals surface area contributed by atoms with Gasteiger partial charge in [-0.25, -0.2) is 4.98 Å². The van der Waals surface area contributed by atoms with Gasteiger partial charge in [-0.3, -0.25) is 4.90 Å². The van der Waals surface area contributed by atoms with Gasteiger partial charge in [0.1, 0.15) is 6.61 Å². The summed E-state index contributed by atoms with van der Waals surface area (Å²) in [6, 6.07) is 6.11. The molecule has 0 atom stereocenters. The highest BCUT2D eigenvalue weighted by atomic mass is 35.5. The highest BCUT2D eigenvalue weighted by Gasteiger charge is 2.20. The van der Waals surface area contributed by atoms with Crippen molar-refractivity contribution in [2.45, 2.75) is 13.8 Å². The van der Waals surface area contributed by atoms with Crippen LogP contribution in [-0.4, -0.2) is 49.2 Å². The molecule has 1 aromatic carbocycles. The summed E-state index contributed by atoms with van der Waals surface area (Å²) in [5.74, 6) is 0. The third-order valence-electron chi connectivity index (χ3n) is 4.22. The van der Waals surface area contributed by atoms with Crippen LogP contribution in [0.2, 0.25) is 5.02 Å². The minimum Gasteiger partial charge on any atom is -0.481 e. The summed E-state index contributed by atoms with van der Waals surface area (Å²) >= 11 is 7.94. The predicted molar refractivity (Wildman–Crippen MR) is 104 cm³/mol. The molecular weight excluding hydrogens is 365 g/mol. The standard InChI is InChI=1S/C17H22ClN3OS.ClH/c1-13-4-3-5-15(18)16(13)21-8-6-20(7-9-21)10-11-22-17-14(2)19-12-23-17;/h3-5,12H,6-11H2,1-2H3;1H. The summed E-state index contributed by atoms with van der Waals surface area (Å²) < 4.78 is 5.81. The normalized spacial score (nSPS) is 15.2. The Kier molecular flexibility index (Phi) is 7.16. The molecule has 1 aromatic heterocycles. The van der Waals surface area contributed by atoms with Gasteiger partial charge in [0.15, 0.2) is 5.06 Å². The Hall–Kier alpha value is -1.01. The van der Waals surface area contributed by atoms with E-state index in [2.05, 4.69) is 27.8 Å².